The number of aromatic nitrogens is 1. The topological polar surface area (TPSA) is 48.6 Å². The quantitative estimate of drug-likeness (QED) is 0.223. The van der Waals surface area contributed by atoms with Crippen molar-refractivity contribution < 1.29 is 10.2 Å². The van der Waals surface area contributed by atoms with Gasteiger partial charge < -0.3 is 19.7 Å². The van der Waals surface area contributed by atoms with Gasteiger partial charge in [-0.3, -0.25) is 0 Å². The second-order valence-electron chi connectivity index (χ2n) is 10.8. The fraction of sp³-hybridized carbons (Fsp3) is 0.562. The minimum absolute atomic E-state index is 0.286. The fourth-order valence-corrected chi connectivity index (χ4v) is 5.94. The van der Waals surface area contributed by atoms with Gasteiger partial charge in [-0.05, 0) is 106 Å². The number of phenolic OH excluding ortho intramolecular Hbond substituents is 2. The fourth-order valence-electron chi connectivity index (χ4n) is 5.94. The molecule has 0 unspecified atom stereocenters. The van der Waals surface area contributed by atoms with Crippen LogP contribution in [-0.4, -0.2) is 39.3 Å². The molecule has 0 bridgehead atoms. The second kappa shape index (κ2) is 13.7. The molecule has 0 amide bonds. The first-order valence-electron chi connectivity index (χ1n) is 14.5. The molecule has 4 rings (SSSR count). The molecule has 0 saturated carbocycles. The maximum absolute atomic E-state index is 10.0. The molecule has 1 aromatic heterocycles. The van der Waals surface area contributed by atoms with Gasteiger partial charge in [0.2, 0.25) is 0 Å². The molecule has 3 aromatic rings. The summed E-state index contributed by atoms with van der Waals surface area (Å²) in [4.78, 5) is 2.67. The molecule has 1 aliphatic heterocycles. The predicted octanol–water partition coefficient (Wildman–Crippen LogP) is 8.41. The molecule has 36 heavy (non-hydrogen) atoms. The van der Waals surface area contributed by atoms with Crippen molar-refractivity contribution in [1.82, 2.24) is 9.47 Å². The number of benzene rings is 2. The SMILES string of the molecule is Cc1c(-c2ccc(O)cc2)n(CCCCCCCCCCCCN2CCCCC2)c2ccc(O)cc12. The molecule has 0 radical (unpaired) electrons. The van der Waals surface area contributed by atoms with Gasteiger partial charge in [-0.1, -0.05) is 57.8 Å². The van der Waals surface area contributed by atoms with Crippen molar-refractivity contribution in [2.24, 2.45) is 0 Å². The Kier molecular flexibility index (Phi) is 10.2. The van der Waals surface area contributed by atoms with Gasteiger partial charge in [0, 0.05) is 17.4 Å². The monoisotopic (exact) mass is 490 g/mol. The van der Waals surface area contributed by atoms with Gasteiger partial charge in [-0.15, -0.1) is 0 Å². The van der Waals surface area contributed by atoms with Crippen molar-refractivity contribution in [3.8, 4) is 22.8 Å². The van der Waals surface area contributed by atoms with Crippen molar-refractivity contribution in [3.05, 3.63) is 48.0 Å². The molecule has 1 saturated heterocycles. The van der Waals surface area contributed by atoms with Gasteiger partial charge in [-0.25, -0.2) is 0 Å². The maximum Gasteiger partial charge on any atom is 0.116 e. The van der Waals surface area contributed by atoms with Crippen LogP contribution < -0.4 is 0 Å². The van der Waals surface area contributed by atoms with Gasteiger partial charge in [-0.2, -0.15) is 0 Å². The summed E-state index contributed by atoms with van der Waals surface area (Å²) in [5.41, 5.74) is 4.66. The lowest BCUT2D eigenvalue weighted by atomic mass is 10.1. The zero-order valence-electron chi connectivity index (χ0n) is 22.4. The number of aryl methyl sites for hydroxylation is 2. The Morgan fingerprint density at radius 1 is 0.639 bits per heavy atom. The molecular formula is C32H46N2O2. The van der Waals surface area contributed by atoms with E-state index in [0.29, 0.717) is 5.75 Å². The van der Waals surface area contributed by atoms with Crippen LogP contribution >= 0.6 is 0 Å². The average Bonchev–Trinajstić information content (AvgIpc) is 3.16. The minimum atomic E-state index is 0.286. The summed E-state index contributed by atoms with van der Waals surface area (Å²) in [7, 11) is 0. The molecule has 196 valence electrons. The molecule has 0 atom stereocenters. The summed E-state index contributed by atoms with van der Waals surface area (Å²) in [5.74, 6) is 0.594. The Bertz CT molecular complexity index is 1060. The van der Waals surface area contributed by atoms with Crippen molar-refractivity contribution in [2.45, 2.75) is 96.9 Å². The lowest BCUT2D eigenvalue weighted by Crippen LogP contribution is -2.30. The Morgan fingerprint density at radius 3 is 1.83 bits per heavy atom. The molecule has 2 heterocycles. The number of rotatable bonds is 14. The van der Waals surface area contributed by atoms with Crippen LogP contribution in [0, 0.1) is 6.92 Å². The molecule has 4 heteroatoms. The molecule has 1 aliphatic rings. The third kappa shape index (κ3) is 7.29. The first kappa shape index (κ1) is 26.6. The molecule has 2 N–H and O–H groups in total. The summed E-state index contributed by atoms with van der Waals surface area (Å²) in [6.07, 6.45) is 17.7. The van der Waals surface area contributed by atoms with Crippen LogP contribution in [0.1, 0.15) is 89.0 Å². The van der Waals surface area contributed by atoms with E-state index in [-0.39, 0.29) is 5.75 Å². The van der Waals surface area contributed by atoms with Crippen LogP contribution in [-0.2, 0) is 6.54 Å². The van der Waals surface area contributed by atoms with Gasteiger partial charge in [0.05, 0.1) is 5.69 Å². The van der Waals surface area contributed by atoms with Crippen LogP contribution in [0.25, 0.3) is 22.2 Å². The number of aromatic hydroxyl groups is 2. The molecule has 0 aliphatic carbocycles. The standard InChI is InChI=1S/C32H46N2O2/c1-26-30-25-29(36)19-20-31(30)34(32(26)27-15-17-28(35)18-16-27)24-14-9-7-5-3-2-4-6-8-11-21-33-22-12-10-13-23-33/h15-20,25,35-36H,2-14,21-24H2,1H3. The van der Waals surface area contributed by atoms with Gasteiger partial charge >= 0.3 is 0 Å². The van der Waals surface area contributed by atoms with Crippen molar-refractivity contribution in [2.75, 3.05) is 19.6 Å². The largest absolute Gasteiger partial charge is 0.508 e. The summed E-state index contributed by atoms with van der Waals surface area (Å²) in [6.45, 7) is 7.10. The number of unbranched alkanes of at least 4 members (excludes halogenated alkanes) is 9. The lowest BCUT2D eigenvalue weighted by molar-refractivity contribution is 0.224. The Labute approximate surface area is 218 Å². The molecular weight excluding hydrogens is 444 g/mol. The van der Waals surface area contributed by atoms with Gasteiger partial charge in [0.25, 0.3) is 0 Å². The normalized spacial score (nSPS) is 14.6. The van der Waals surface area contributed by atoms with Crippen LogP contribution in [0.5, 0.6) is 11.5 Å². The van der Waals surface area contributed by atoms with E-state index in [1.807, 2.05) is 24.3 Å². The Morgan fingerprint density at radius 2 is 1.19 bits per heavy atom. The van der Waals surface area contributed by atoms with E-state index in [1.165, 1.54) is 113 Å². The van der Waals surface area contributed by atoms with Crippen LogP contribution in [0.4, 0.5) is 0 Å². The number of fused-ring (bicyclic) bond motifs is 1. The van der Waals surface area contributed by atoms with Gasteiger partial charge in [0.15, 0.2) is 0 Å². The van der Waals surface area contributed by atoms with Crippen molar-refractivity contribution >= 4 is 10.9 Å². The third-order valence-electron chi connectivity index (χ3n) is 8.00. The van der Waals surface area contributed by atoms with Crippen LogP contribution in [0.3, 0.4) is 0 Å². The molecule has 0 spiro atoms. The lowest BCUT2D eigenvalue weighted by Gasteiger charge is -2.26. The van der Waals surface area contributed by atoms with E-state index in [1.54, 1.807) is 18.2 Å². The number of hydrogen-bond donors (Lipinski definition) is 2. The average molecular weight is 491 g/mol. The number of likely N-dealkylation sites (tertiary alicyclic amines) is 1. The predicted molar refractivity (Wildman–Crippen MR) is 152 cm³/mol. The summed E-state index contributed by atoms with van der Waals surface area (Å²) in [6, 6.07) is 13.2. The summed E-state index contributed by atoms with van der Waals surface area (Å²) in [5, 5.41) is 20.9. The highest BCUT2D eigenvalue weighted by molar-refractivity contribution is 5.92. The Hall–Kier alpha value is -2.46. The first-order chi connectivity index (χ1) is 17.6. The van der Waals surface area contributed by atoms with E-state index >= 15 is 0 Å². The highest BCUT2D eigenvalue weighted by Crippen LogP contribution is 2.36. The molecule has 4 nitrogen and oxygen atoms in total. The second-order valence-corrected chi connectivity index (χ2v) is 10.8. The highest BCUT2D eigenvalue weighted by atomic mass is 16.3. The van der Waals surface area contributed by atoms with E-state index in [2.05, 4.69) is 16.4 Å². The number of phenols is 2. The zero-order valence-corrected chi connectivity index (χ0v) is 22.4. The van der Waals surface area contributed by atoms with Gasteiger partial charge in [0.1, 0.15) is 11.5 Å². The zero-order chi connectivity index (χ0) is 25.2. The van der Waals surface area contributed by atoms with E-state index < -0.39 is 0 Å². The summed E-state index contributed by atoms with van der Waals surface area (Å²) >= 11 is 0. The van der Waals surface area contributed by atoms with Crippen LogP contribution in [0.15, 0.2) is 42.5 Å². The van der Waals surface area contributed by atoms with Crippen molar-refractivity contribution in [1.29, 1.82) is 0 Å². The Balaban J connectivity index is 1.17. The van der Waals surface area contributed by atoms with E-state index in [4.69, 9.17) is 0 Å². The smallest absolute Gasteiger partial charge is 0.116 e. The summed E-state index contributed by atoms with van der Waals surface area (Å²) < 4.78 is 2.40. The maximum atomic E-state index is 10.0. The van der Waals surface area contributed by atoms with E-state index in [9.17, 15) is 10.2 Å². The molecule has 2 aromatic carbocycles. The number of hydrogen-bond acceptors (Lipinski definition) is 3. The number of nitrogens with zero attached hydrogens (tertiary/aromatic N) is 2. The third-order valence-corrected chi connectivity index (χ3v) is 8.00. The van der Waals surface area contributed by atoms with Crippen molar-refractivity contribution in [3.63, 3.8) is 0 Å². The highest BCUT2D eigenvalue weighted by Gasteiger charge is 2.16. The number of piperidine rings is 1. The van der Waals surface area contributed by atoms with E-state index in [0.717, 1.165) is 23.9 Å². The molecule has 1 fully saturated rings. The first-order valence-corrected chi connectivity index (χ1v) is 14.5. The van der Waals surface area contributed by atoms with Crippen LogP contribution in [0.2, 0.25) is 0 Å². The minimum Gasteiger partial charge on any atom is -0.508 e.